The number of aromatic nitrogens is 2. The molecule has 0 unspecified atom stereocenters. The van der Waals surface area contributed by atoms with E-state index >= 15 is 0 Å². The highest BCUT2D eigenvalue weighted by atomic mass is 79.9. The van der Waals surface area contributed by atoms with E-state index in [4.69, 9.17) is 5.26 Å². The average Bonchev–Trinajstić information content (AvgIpc) is 2.78. The average molecular weight is 323 g/mol. The molecule has 0 saturated heterocycles. The second-order valence-corrected chi connectivity index (χ2v) is 4.98. The number of nitriles is 1. The number of hydrogen-bond acceptors (Lipinski definition) is 3. The molecule has 0 aliphatic heterocycles. The highest BCUT2D eigenvalue weighted by Gasteiger charge is 2.15. The molecule has 0 saturated carbocycles. The first-order valence-corrected chi connectivity index (χ1v) is 6.39. The molecule has 0 aliphatic carbocycles. The summed E-state index contributed by atoms with van der Waals surface area (Å²) in [4.78, 5) is 5.96. The van der Waals surface area contributed by atoms with Crippen molar-refractivity contribution in [3.05, 3.63) is 46.2 Å². The highest BCUT2D eigenvalue weighted by Crippen LogP contribution is 2.29. The molecule has 0 spiro atoms. The van der Waals surface area contributed by atoms with Gasteiger partial charge in [0.2, 0.25) is 0 Å². The minimum absolute atomic E-state index is 0.194. The Labute approximate surface area is 119 Å². The fourth-order valence-corrected chi connectivity index (χ4v) is 2.19. The van der Waals surface area contributed by atoms with Gasteiger partial charge in [-0.25, -0.2) is 9.37 Å². The molecular formula is C13H12BrFN4. The van der Waals surface area contributed by atoms with Crippen LogP contribution >= 0.6 is 15.9 Å². The Hall–Kier alpha value is -1.87. The first kappa shape index (κ1) is 13.6. The molecule has 0 atom stereocenters. The van der Waals surface area contributed by atoms with Gasteiger partial charge in [-0.3, -0.25) is 0 Å². The third-order valence-corrected chi connectivity index (χ3v) is 3.67. The Kier molecular flexibility index (Phi) is 3.86. The summed E-state index contributed by atoms with van der Waals surface area (Å²) in [5.74, 6) is 0.401. The van der Waals surface area contributed by atoms with Gasteiger partial charge in [0.05, 0.1) is 22.3 Å². The quantitative estimate of drug-likeness (QED) is 0.872. The lowest BCUT2D eigenvalue weighted by Gasteiger charge is -2.20. The molecule has 4 nitrogen and oxygen atoms in total. The number of hydrogen-bond donors (Lipinski definition) is 0. The van der Waals surface area contributed by atoms with Crippen LogP contribution < -0.4 is 4.90 Å². The SMILES string of the molecule is CN(Cc1nccn1C)c1ccc(C#N)c(Br)c1F. The van der Waals surface area contributed by atoms with Crippen LogP contribution in [-0.2, 0) is 13.6 Å². The molecule has 19 heavy (non-hydrogen) atoms. The predicted octanol–water partition coefficient (Wildman–Crippen LogP) is 2.83. The maximum absolute atomic E-state index is 14.2. The molecule has 0 radical (unpaired) electrons. The topological polar surface area (TPSA) is 44.9 Å². The summed E-state index contributed by atoms with van der Waals surface area (Å²) < 4.78 is 16.2. The van der Waals surface area contributed by atoms with Crippen LogP contribution in [0, 0.1) is 17.1 Å². The molecule has 2 rings (SSSR count). The third-order valence-electron chi connectivity index (χ3n) is 2.89. The molecule has 2 aromatic rings. The third kappa shape index (κ3) is 2.61. The zero-order valence-electron chi connectivity index (χ0n) is 10.6. The Morgan fingerprint density at radius 1 is 1.53 bits per heavy atom. The van der Waals surface area contributed by atoms with Crippen LogP contribution in [-0.4, -0.2) is 16.6 Å². The van der Waals surface area contributed by atoms with E-state index in [1.807, 2.05) is 23.9 Å². The smallest absolute Gasteiger partial charge is 0.161 e. The standard InChI is InChI=1S/C13H12BrFN4/c1-18-6-5-17-11(18)8-19(2)10-4-3-9(7-16)12(14)13(10)15/h3-6H,8H2,1-2H3. The zero-order chi connectivity index (χ0) is 14.0. The maximum Gasteiger partial charge on any atom is 0.161 e. The van der Waals surface area contributed by atoms with Crippen LogP contribution in [0.2, 0.25) is 0 Å². The lowest BCUT2D eigenvalue weighted by Crippen LogP contribution is -2.20. The van der Waals surface area contributed by atoms with E-state index in [1.54, 1.807) is 30.3 Å². The monoisotopic (exact) mass is 322 g/mol. The summed E-state index contributed by atoms with van der Waals surface area (Å²) in [5.41, 5.74) is 0.709. The molecule has 98 valence electrons. The fraction of sp³-hybridized carbons (Fsp3) is 0.231. The van der Waals surface area contributed by atoms with Crippen molar-refractivity contribution in [1.82, 2.24) is 9.55 Å². The molecular weight excluding hydrogens is 311 g/mol. The van der Waals surface area contributed by atoms with Crippen molar-refractivity contribution in [3.8, 4) is 6.07 Å². The summed E-state index contributed by atoms with van der Waals surface area (Å²) in [6.45, 7) is 0.485. The zero-order valence-corrected chi connectivity index (χ0v) is 12.1. The van der Waals surface area contributed by atoms with Crippen molar-refractivity contribution in [2.75, 3.05) is 11.9 Å². The van der Waals surface area contributed by atoms with Crippen LogP contribution in [0.4, 0.5) is 10.1 Å². The Morgan fingerprint density at radius 3 is 2.84 bits per heavy atom. The van der Waals surface area contributed by atoms with E-state index in [2.05, 4.69) is 20.9 Å². The molecule has 6 heteroatoms. The first-order chi connectivity index (χ1) is 9.04. The van der Waals surface area contributed by atoms with Gasteiger partial charge in [0.1, 0.15) is 11.9 Å². The predicted molar refractivity (Wildman–Crippen MR) is 74.1 cm³/mol. The molecule has 0 fully saturated rings. The highest BCUT2D eigenvalue weighted by molar-refractivity contribution is 9.10. The molecule has 0 aliphatic rings. The summed E-state index contributed by atoms with van der Waals surface area (Å²) in [6, 6.07) is 5.13. The Bertz CT molecular complexity index is 645. The molecule has 0 N–H and O–H groups in total. The van der Waals surface area contributed by atoms with Crippen molar-refractivity contribution >= 4 is 21.6 Å². The number of imidazole rings is 1. The van der Waals surface area contributed by atoms with Crippen molar-refractivity contribution in [3.63, 3.8) is 0 Å². The lowest BCUT2D eigenvalue weighted by atomic mass is 10.2. The van der Waals surface area contributed by atoms with E-state index in [9.17, 15) is 4.39 Å². The lowest BCUT2D eigenvalue weighted by molar-refractivity contribution is 0.612. The van der Waals surface area contributed by atoms with Crippen LogP contribution in [0.25, 0.3) is 0 Å². The normalized spacial score (nSPS) is 10.3. The number of anilines is 1. The van der Waals surface area contributed by atoms with Gasteiger partial charge in [0.25, 0.3) is 0 Å². The van der Waals surface area contributed by atoms with E-state index < -0.39 is 5.82 Å². The van der Waals surface area contributed by atoms with Gasteiger partial charge in [0.15, 0.2) is 5.82 Å². The summed E-state index contributed by atoms with van der Waals surface area (Å²) in [6.07, 6.45) is 3.54. The second-order valence-electron chi connectivity index (χ2n) is 4.18. The van der Waals surface area contributed by atoms with E-state index in [0.29, 0.717) is 12.2 Å². The van der Waals surface area contributed by atoms with E-state index in [1.165, 1.54) is 0 Å². The summed E-state index contributed by atoms with van der Waals surface area (Å²) in [7, 11) is 3.67. The number of rotatable bonds is 3. The Balaban J connectivity index is 2.30. The van der Waals surface area contributed by atoms with Crippen LogP contribution in [0.1, 0.15) is 11.4 Å². The Morgan fingerprint density at radius 2 is 2.26 bits per heavy atom. The van der Waals surface area contributed by atoms with Gasteiger partial charge in [-0.15, -0.1) is 0 Å². The van der Waals surface area contributed by atoms with Gasteiger partial charge < -0.3 is 9.47 Å². The minimum atomic E-state index is -0.434. The van der Waals surface area contributed by atoms with Gasteiger partial charge >= 0.3 is 0 Å². The molecule has 0 amide bonds. The van der Waals surface area contributed by atoms with Crippen molar-refractivity contribution in [2.45, 2.75) is 6.54 Å². The number of aryl methyl sites for hydroxylation is 1. The largest absolute Gasteiger partial charge is 0.365 e. The van der Waals surface area contributed by atoms with Crippen LogP contribution in [0.15, 0.2) is 29.0 Å². The van der Waals surface area contributed by atoms with Gasteiger partial charge in [-0.1, -0.05) is 0 Å². The van der Waals surface area contributed by atoms with Crippen molar-refractivity contribution < 1.29 is 4.39 Å². The van der Waals surface area contributed by atoms with Crippen molar-refractivity contribution in [2.24, 2.45) is 7.05 Å². The molecule has 1 aromatic carbocycles. The van der Waals surface area contributed by atoms with E-state index in [-0.39, 0.29) is 10.0 Å². The number of nitrogens with zero attached hydrogens (tertiary/aromatic N) is 4. The molecule has 1 aromatic heterocycles. The van der Waals surface area contributed by atoms with Gasteiger partial charge in [-0.2, -0.15) is 5.26 Å². The van der Waals surface area contributed by atoms with Gasteiger partial charge in [-0.05, 0) is 28.1 Å². The summed E-state index contributed by atoms with van der Waals surface area (Å²) in [5, 5.41) is 8.84. The molecule has 0 bridgehead atoms. The first-order valence-electron chi connectivity index (χ1n) is 5.60. The van der Waals surface area contributed by atoms with Gasteiger partial charge in [0, 0.05) is 26.5 Å². The number of halogens is 2. The number of benzene rings is 1. The van der Waals surface area contributed by atoms with Crippen LogP contribution in [0.3, 0.4) is 0 Å². The fourth-order valence-electron chi connectivity index (χ4n) is 1.77. The summed E-state index contributed by atoms with van der Waals surface area (Å²) >= 11 is 3.11. The maximum atomic E-state index is 14.2. The minimum Gasteiger partial charge on any atom is -0.365 e. The van der Waals surface area contributed by atoms with Crippen molar-refractivity contribution in [1.29, 1.82) is 5.26 Å². The van der Waals surface area contributed by atoms with Crippen LogP contribution in [0.5, 0.6) is 0 Å². The second kappa shape index (κ2) is 5.41. The molecule has 1 heterocycles. The van der Waals surface area contributed by atoms with E-state index in [0.717, 1.165) is 5.82 Å².